The zero-order valence-electron chi connectivity index (χ0n) is 12.6. The Bertz CT molecular complexity index is 679. The summed E-state index contributed by atoms with van der Waals surface area (Å²) >= 11 is 0. The van der Waals surface area contributed by atoms with Crippen molar-refractivity contribution in [1.29, 1.82) is 5.26 Å². The summed E-state index contributed by atoms with van der Waals surface area (Å²) in [6.07, 6.45) is -3.51. The Morgan fingerprint density at radius 2 is 2.00 bits per heavy atom. The number of amides is 1. The summed E-state index contributed by atoms with van der Waals surface area (Å²) in [5.74, 6) is -1.80. The molecule has 0 spiro atoms. The lowest BCUT2D eigenvalue weighted by molar-refractivity contribution is -0.138. The number of nitrogens with zero attached hydrogens (tertiary/aromatic N) is 1. The van der Waals surface area contributed by atoms with E-state index >= 15 is 0 Å². The maximum Gasteiger partial charge on any atom is 0.405 e. The highest BCUT2D eigenvalue weighted by Crippen LogP contribution is 2.17. The first-order chi connectivity index (χ1) is 11.3. The lowest BCUT2D eigenvalue weighted by Gasteiger charge is -2.11. The molecule has 0 atom stereocenters. The summed E-state index contributed by atoms with van der Waals surface area (Å²) in [7, 11) is 0. The maximum absolute atomic E-state index is 12.2. The number of hydrogen-bond acceptors (Lipinski definition) is 5. The summed E-state index contributed by atoms with van der Waals surface area (Å²) in [4.78, 5) is 23.3. The van der Waals surface area contributed by atoms with Crippen molar-refractivity contribution in [3.8, 4) is 6.07 Å². The number of nitriles is 1. The fourth-order valence-electron chi connectivity index (χ4n) is 1.58. The topological polar surface area (TPSA) is 91.2 Å². The third-order valence-corrected chi connectivity index (χ3v) is 2.61. The van der Waals surface area contributed by atoms with E-state index in [0.29, 0.717) is 0 Å². The third kappa shape index (κ3) is 6.00. The molecule has 0 fully saturated rings. The van der Waals surface area contributed by atoms with Gasteiger partial charge in [0.1, 0.15) is 12.6 Å². The number of nitrogens with one attached hydrogen (secondary N) is 2. The van der Waals surface area contributed by atoms with Gasteiger partial charge in [0.2, 0.25) is 0 Å². The molecule has 2 N–H and O–H groups in total. The van der Waals surface area contributed by atoms with Gasteiger partial charge < -0.3 is 15.4 Å². The molecule has 0 heterocycles. The monoisotopic (exact) mass is 341 g/mol. The molecule has 0 saturated carbocycles. The van der Waals surface area contributed by atoms with Crippen LogP contribution in [-0.2, 0) is 9.53 Å². The van der Waals surface area contributed by atoms with E-state index in [9.17, 15) is 22.8 Å². The molecule has 1 aromatic carbocycles. The molecule has 0 aliphatic rings. The minimum Gasteiger partial charge on any atom is -0.462 e. The fourth-order valence-corrected chi connectivity index (χ4v) is 1.58. The van der Waals surface area contributed by atoms with Crippen LogP contribution in [-0.4, -0.2) is 31.2 Å². The number of alkyl halides is 3. The van der Waals surface area contributed by atoms with Crippen LogP contribution in [0.15, 0.2) is 36.0 Å². The summed E-state index contributed by atoms with van der Waals surface area (Å²) < 4.78 is 41.2. The Balaban J connectivity index is 2.92. The number of benzene rings is 1. The molecular formula is C15H14F3N3O3. The predicted molar refractivity (Wildman–Crippen MR) is 78.8 cm³/mol. The van der Waals surface area contributed by atoms with Crippen LogP contribution in [0.4, 0.5) is 18.9 Å². The molecule has 9 heteroatoms. The molecule has 0 unspecified atom stereocenters. The van der Waals surface area contributed by atoms with Gasteiger partial charge >= 0.3 is 12.1 Å². The van der Waals surface area contributed by atoms with E-state index in [1.165, 1.54) is 24.3 Å². The average molecular weight is 341 g/mol. The van der Waals surface area contributed by atoms with Crippen LogP contribution in [0.3, 0.4) is 0 Å². The van der Waals surface area contributed by atoms with E-state index in [0.717, 1.165) is 6.20 Å². The van der Waals surface area contributed by atoms with Crippen LogP contribution in [0.5, 0.6) is 0 Å². The number of carbonyl (C=O) groups is 2. The molecule has 1 rings (SSSR count). The minimum atomic E-state index is -4.53. The number of hydrogen-bond donors (Lipinski definition) is 2. The Labute approximate surface area is 135 Å². The zero-order chi connectivity index (χ0) is 18.2. The van der Waals surface area contributed by atoms with Crippen molar-refractivity contribution in [2.45, 2.75) is 13.1 Å². The lowest BCUT2D eigenvalue weighted by Crippen LogP contribution is -2.34. The molecular weight excluding hydrogens is 327 g/mol. The van der Waals surface area contributed by atoms with Crippen molar-refractivity contribution in [3.63, 3.8) is 0 Å². The van der Waals surface area contributed by atoms with Gasteiger partial charge in [-0.1, -0.05) is 12.1 Å². The van der Waals surface area contributed by atoms with E-state index in [2.05, 4.69) is 10.1 Å². The van der Waals surface area contributed by atoms with Crippen molar-refractivity contribution in [2.75, 3.05) is 18.5 Å². The number of halogens is 3. The van der Waals surface area contributed by atoms with Crippen molar-refractivity contribution in [3.05, 3.63) is 41.6 Å². The molecule has 0 aliphatic heterocycles. The largest absolute Gasteiger partial charge is 0.462 e. The van der Waals surface area contributed by atoms with Crippen LogP contribution in [0.25, 0.3) is 0 Å². The van der Waals surface area contributed by atoms with Gasteiger partial charge in [-0.25, -0.2) is 4.79 Å². The van der Waals surface area contributed by atoms with Crippen LogP contribution in [0.1, 0.15) is 17.3 Å². The summed E-state index contributed by atoms with van der Waals surface area (Å²) in [5.41, 5.74) is -0.282. The molecule has 1 aromatic rings. The van der Waals surface area contributed by atoms with Crippen LogP contribution >= 0.6 is 0 Å². The van der Waals surface area contributed by atoms with Gasteiger partial charge in [0.05, 0.1) is 17.9 Å². The summed E-state index contributed by atoms with van der Waals surface area (Å²) in [5, 5.41) is 13.2. The molecule has 128 valence electrons. The highest BCUT2D eigenvalue weighted by Gasteiger charge is 2.28. The van der Waals surface area contributed by atoms with Crippen molar-refractivity contribution in [2.24, 2.45) is 0 Å². The molecule has 0 saturated heterocycles. The van der Waals surface area contributed by atoms with E-state index in [1.807, 2.05) is 0 Å². The SMILES string of the molecule is CCOC(=O)/C(C#N)=C/Nc1ccccc1C(=O)NCC(F)(F)F. The number of para-hydroxylation sites is 1. The van der Waals surface area contributed by atoms with Gasteiger partial charge in [-0.15, -0.1) is 0 Å². The summed E-state index contributed by atoms with van der Waals surface area (Å²) in [6.45, 7) is 0.178. The Kier molecular flexibility index (Phi) is 6.79. The van der Waals surface area contributed by atoms with Crippen molar-refractivity contribution in [1.82, 2.24) is 5.32 Å². The third-order valence-electron chi connectivity index (χ3n) is 2.61. The van der Waals surface area contributed by atoms with Crippen LogP contribution in [0, 0.1) is 11.3 Å². The number of esters is 1. The van der Waals surface area contributed by atoms with Crippen LogP contribution in [0.2, 0.25) is 0 Å². The number of ether oxygens (including phenoxy) is 1. The lowest BCUT2D eigenvalue weighted by atomic mass is 10.1. The highest BCUT2D eigenvalue weighted by molar-refractivity contribution is 6.00. The van der Waals surface area contributed by atoms with E-state index in [4.69, 9.17) is 5.26 Å². The Morgan fingerprint density at radius 3 is 2.58 bits per heavy atom. The average Bonchev–Trinajstić information content (AvgIpc) is 2.53. The molecule has 0 aromatic heterocycles. The number of anilines is 1. The zero-order valence-corrected chi connectivity index (χ0v) is 12.6. The van der Waals surface area contributed by atoms with Gasteiger partial charge in [-0.3, -0.25) is 4.79 Å². The molecule has 24 heavy (non-hydrogen) atoms. The predicted octanol–water partition coefficient (Wildman–Crippen LogP) is 2.36. The van der Waals surface area contributed by atoms with Gasteiger partial charge in [0.15, 0.2) is 5.57 Å². The van der Waals surface area contributed by atoms with E-state index in [1.54, 1.807) is 18.3 Å². The second-order valence-electron chi connectivity index (χ2n) is 4.38. The standard InChI is InChI=1S/C15H14F3N3O3/c1-2-24-14(23)10(7-19)8-20-12-6-4-3-5-11(12)13(22)21-9-15(16,17)18/h3-6,8,20H,2,9H2,1H3,(H,21,22)/b10-8+. The van der Waals surface area contributed by atoms with Gasteiger partial charge in [0.25, 0.3) is 5.91 Å². The number of rotatable bonds is 6. The quantitative estimate of drug-likeness (QED) is 0.471. The normalized spacial score (nSPS) is 11.4. The molecule has 6 nitrogen and oxygen atoms in total. The first kappa shape index (κ1) is 19.0. The van der Waals surface area contributed by atoms with Gasteiger partial charge in [-0.05, 0) is 19.1 Å². The number of carbonyl (C=O) groups excluding carboxylic acids is 2. The fraction of sp³-hybridized carbons (Fsp3) is 0.267. The van der Waals surface area contributed by atoms with E-state index < -0.39 is 24.6 Å². The molecule has 0 bridgehead atoms. The van der Waals surface area contributed by atoms with Crippen molar-refractivity contribution < 1.29 is 27.5 Å². The van der Waals surface area contributed by atoms with Gasteiger partial charge in [-0.2, -0.15) is 18.4 Å². The first-order valence-corrected chi connectivity index (χ1v) is 6.76. The molecule has 1 amide bonds. The van der Waals surface area contributed by atoms with Crippen molar-refractivity contribution >= 4 is 17.6 Å². The second kappa shape index (κ2) is 8.57. The summed E-state index contributed by atoms with van der Waals surface area (Å²) in [6, 6.07) is 7.35. The second-order valence-corrected chi connectivity index (χ2v) is 4.38. The molecule has 0 aliphatic carbocycles. The first-order valence-electron chi connectivity index (χ1n) is 6.76. The minimum absolute atomic E-state index is 0.0702. The Morgan fingerprint density at radius 1 is 1.33 bits per heavy atom. The maximum atomic E-state index is 12.2. The van der Waals surface area contributed by atoms with Crippen LogP contribution < -0.4 is 10.6 Å². The smallest absolute Gasteiger partial charge is 0.405 e. The highest BCUT2D eigenvalue weighted by atomic mass is 19.4. The van der Waals surface area contributed by atoms with Gasteiger partial charge in [0, 0.05) is 6.20 Å². The Hall–Kier alpha value is -3.02. The van der Waals surface area contributed by atoms with E-state index in [-0.39, 0.29) is 23.4 Å². The molecule has 0 radical (unpaired) electrons.